The van der Waals surface area contributed by atoms with E-state index in [1.807, 2.05) is 16.7 Å². The van der Waals surface area contributed by atoms with E-state index in [0.29, 0.717) is 11.9 Å². The molecule has 4 nitrogen and oxygen atoms in total. The summed E-state index contributed by atoms with van der Waals surface area (Å²) in [6.07, 6.45) is 1.74. The third-order valence-corrected chi connectivity index (χ3v) is 3.99. The van der Waals surface area contributed by atoms with Gasteiger partial charge in [-0.3, -0.25) is 14.3 Å². The molecule has 1 N–H and O–H groups in total. The molecule has 0 saturated heterocycles. The van der Waals surface area contributed by atoms with Crippen LogP contribution < -0.4 is 10.9 Å². The minimum atomic E-state index is 0.0361. The van der Waals surface area contributed by atoms with Crippen LogP contribution in [0.25, 0.3) is 22.0 Å². The van der Waals surface area contributed by atoms with E-state index in [1.165, 1.54) is 5.56 Å². The zero-order valence-corrected chi connectivity index (χ0v) is 11.8. The van der Waals surface area contributed by atoms with Gasteiger partial charge in [0.1, 0.15) is 5.82 Å². The van der Waals surface area contributed by atoms with Crippen molar-refractivity contribution in [2.75, 3.05) is 11.9 Å². The van der Waals surface area contributed by atoms with Crippen LogP contribution in [0.2, 0.25) is 0 Å². The van der Waals surface area contributed by atoms with Gasteiger partial charge in [-0.05, 0) is 24.6 Å². The van der Waals surface area contributed by atoms with Crippen molar-refractivity contribution in [2.24, 2.45) is 0 Å². The van der Waals surface area contributed by atoms with E-state index >= 15 is 0 Å². The lowest BCUT2D eigenvalue weighted by atomic mass is 10.0. The number of fused-ring (bicyclic) bond motifs is 2. The Kier molecular flexibility index (Phi) is 2.57. The zero-order valence-electron chi connectivity index (χ0n) is 11.8. The van der Waals surface area contributed by atoms with Crippen molar-refractivity contribution in [3.05, 3.63) is 58.5 Å². The van der Waals surface area contributed by atoms with Crippen LogP contribution in [0.1, 0.15) is 5.56 Å². The predicted octanol–water partition coefficient (Wildman–Crippen LogP) is 2.80. The standard InChI is InChI=1S/C17H15N3O/c1-11-4-6-12(7-5-11)14-15-13(3-2-8-18-15)17(21)20-10-9-19-16(14)20/h2-8,19H,9-10H2,1H3. The average molecular weight is 277 g/mol. The lowest BCUT2D eigenvalue weighted by molar-refractivity contribution is 0.780. The predicted molar refractivity (Wildman–Crippen MR) is 84.7 cm³/mol. The first-order valence-corrected chi connectivity index (χ1v) is 7.08. The number of nitrogens with zero attached hydrogens (tertiary/aromatic N) is 2. The summed E-state index contributed by atoms with van der Waals surface area (Å²) < 4.78 is 1.82. The fraction of sp³-hybridized carbons (Fsp3) is 0.176. The van der Waals surface area contributed by atoms with Gasteiger partial charge in [0.25, 0.3) is 5.56 Å². The van der Waals surface area contributed by atoms with Crippen LogP contribution in [0.5, 0.6) is 0 Å². The Bertz CT molecular complexity index is 894. The highest BCUT2D eigenvalue weighted by atomic mass is 16.1. The number of rotatable bonds is 1. The highest BCUT2D eigenvalue weighted by Crippen LogP contribution is 2.34. The summed E-state index contributed by atoms with van der Waals surface area (Å²) in [5.74, 6) is 0.884. The number of anilines is 1. The van der Waals surface area contributed by atoms with E-state index in [4.69, 9.17) is 0 Å². The number of nitrogens with one attached hydrogen (secondary N) is 1. The summed E-state index contributed by atoms with van der Waals surface area (Å²) in [5, 5.41) is 4.02. The van der Waals surface area contributed by atoms with Gasteiger partial charge in [0.15, 0.2) is 0 Å². The SMILES string of the molecule is Cc1ccc(-c2c3n(c(=O)c4cccnc24)CCN3)cc1. The minimum Gasteiger partial charge on any atom is -0.369 e. The molecule has 0 saturated carbocycles. The van der Waals surface area contributed by atoms with Crippen molar-refractivity contribution in [3.8, 4) is 11.1 Å². The molecular formula is C17H15N3O. The molecule has 1 aliphatic heterocycles. The lowest BCUT2D eigenvalue weighted by Gasteiger charge is -2.13. The van der Waals surface area contributed by atoms with Crippen molar-refractivity contribution in [1.82, 2.24) is 9.55 Å². The molecule has 104 valence electrons. The molecule has 4 heteroatoms. The van der Waals surface area contributed by atoms with Gasteiger partial charge in [0.2, 0.25) is 0 Å². The van der Waals surface area contributed by atoms with Crippen LogP contribution in [0.3, 0.4) is 0 Å². The van der Waals surface area contributed by atoms with Gasteiger partial charge in [-0.25, -0.2) is 0 Å². The molecule has 2 aromatic heterocycles. The van der Waals surface area contributed by atoms with Gasteiger partial charge in [-0.1, -0.05) is 29.8 Å². The molecule has 0 amide bonds. The van der Waals surface area contributed by atoms with Gasteiger partial charge in [-0.2, -0.15) is 0 Å². The summed E-state index contributed by atoms with van der Waals surface area (Å²) in [5.41, 5.74) is 4.12. The van der Waals surface area contributed by atoms with Crippen molar-refractivity contribution in [1.29, 1.82) is 0 Å². The van der Waals surface area contributed by atoms with Gasteiger partial charge in [0, 0.05) is 24.8 Å². The first-order chi connectivity index (χ1) is 10.3. The van der Waals surface area contributed by atoms with Crippen LogP contribution >= 0.6 is 0 Å². The summed E-state index contributed by atoms with van der Waals surface area (Å²) >= 11 is 0. The van der Waals surface area contributed by atoms with E-state index in [2.05, 4.69) is 41.5 Å². The van der Waals surface area contributed by atoms with Crippen LogP contribution in [-0.4, -0.2) is 16.1 Å². The van der Waals surface area contributed by atoms with Crippen molar-refractivity contribution in [2.45, 2.75) is 13.5 Å². The highest BCUT2D eigenvalue weighted by Gasteiger charge is 2.21. The fourth-order valence-corrected chi connectivity index (χ4v) is 2.95. The first kappa shape index (κ1) is 12.1. The molecule has 0 aliphatic carbocycles. The van der Waals surface area contributed by atoms with E-state index in [-0.39, 0.29) is 5.56 Å². The normalized spacial score (nSPS) is 13.2. The quantitative estimate of drug-likeness (QED) is 0.744. The molecule has 4 rings (SSSR count). The first-order valence-electron chi connectivity index (χ1n) is 7.08. The maximum Gasteiger partial charge on any atom is 0.261 e. The van der Waals surface area contributed by atoms with E-state index in [0.717, 1.165) is 29.0 Å². The average Bonchev–Trinajstić information content (AvgIpc) is 2.99. The third kappa shape index (κ3) is 1.76. The second-order valence-corrected chi connectivity index (χ2v) is 5.37. The Morgan fingerprint density at radius 3 is 2.81 bits per heavy atom. The molecule has 0 radical (unpaired) electrons. The van der Waals surface area contributed by atoms with Crippen molar-refractivity contribution in [3.63, 3.8) is 0 Å². The maximum atomic E-state index is 12.5. The molecule has 0 fully saturated rings. The molecule has 0 spiro atoms. The van der Waals surface area contributed by atoms with E-state index in [1.54, 1.807) is 6.20 Å². The Morgan fingerprint density at radius 1 is 1.19 bits per heavy atom. The summed E-state index contributed by atoms with van der Waals surface area (Å²) in [7, 11) is 0. The smallest absolute Gasteiger partial charge is 0.261 e. The Balaban J connectivity index is 2.15. The van der Waals surface area contributed by atoms with Crippen LogP contribution in [0.4, 0.5) is 5.82 Å². The molecule has 0 bridgehead atoms. The van der Waals surface area contributed by atoms with Gasteiger partial charge >= 0.3 is 0 Å². The Morgan fingerprint density at radius 2 is 2.00 bits per heavy atom. The molecule has 21 heavy (non-hydrogen) atoms. The van der Waals surface area contributed by atoms with Crippen LogP contribution in [0.15, 0.2) is 47.4 Å². The summed E-state index contributed by atoms with van der Waals surface area (Å²) in [6, 6.07) is 12.0. The van der Waals surface area contributed by atoms with Crippen molar-refractivity contribution >= 4 is 16.7 Å². The number of aryl methyl sites for hydroxylation is 1. The summed E-state index contributed by atoms with van der Waals surface area (Å²) in [6.45, 7) is 3.56. The van der Waals surface area contributed by atoms with Crippen LogP contribution in [0, 0.1) is 6.92 Å². The minimum absolute atomic E-state index is 0.0361. The van der Waals surface area contributed by atoms with E-state index < -0.39 is 0 Å². The van der Waals surface area contributed by atoms with Crippen LogP contribution in [-0.2, 0) is 6.54 Å². The largest absolute Gasteiger partial charge is 0.369 e. The number of hydrogen-bond acceptors (Lipinski definition) is 3. The molecule has 0 unspecified atom stereocenters. The molecule has 3 aromatic rings. The zero-order chi connectivity index (χ0) is 14.4. The maximum absolute atomic E-state index is 12.5. The molecule has 1 aromatic carbocycles. The highest BCUT2D eigenvalue weighted by molar-refractivity contribution is 5.99. The topological polar surface area (TPSA) is 46.9 Å². The van der Waals surface area contributed by atoms with Gasteiger partial charge in [0.05, 0.1) is 10.9 Å². The second kappa shape index (κ2) is 4.45. The van der Waals surface area contributed by atoms with E-state index in [9.17, 15) is 4.79 Å². The molecule has 1 aliphatic rings. The fourth-order valence-electron chi connectivity index (χ4n) is 2.95. The Hall–Kier alpha value is -2.62. The molecule has 0 atom stereocenters. The lowest BCUT2D eigenvalue weighted by Crippen LogP contribution is -2.19. The number of hydrogen-bond donors (Lipinski definition) is 1. The van der Waals surface area contributed by atoms with Gasteiger partial charge in [-0.15, -0.1) is 0 Å². The number of aromatic nitrogens is 2. The van der Waals surface area contributed by atoms with Crippen molar-refractivity contribution < 1.29 is 0 Å². The molecular weight excluding hydrogens is 262 g/mol. The third-order valence-electron chi connectivity index (χ3n) is 3.99. The number of pyridine rings is 2. The Labute approximate surface area is 122 Å². The summed E-state index contributed by atoms with van der Waals surface area (Å²) in [4.78, 5) is 17.0. The monoisotopic (exact) mass is 277 g/mol. The van der Waals surface area contributed by atoms with Gasteiger partial charge < -0.3 is 5.32 Å². The second-order valence-electron chi connectivity index (χ2n) is 5.37. The molecule has 3 heterocycles. The number of benzene rings is 1.